The second-order valence-electron chi connectivity index (χ2n) is 26.4. The molecule has 0 radical (unpaired) electrons. The van der Waals surface area contributed by atoms with Gasteiger partial charge in [-0.05, 0) is 174 Å². The molecule has 108 heavy (non-hydrogen) atoms. The molecule has 0 saturated carbocycles. The molecule has 0 spiro atoms. The summed E-state index contributed by atoms with van der Waals surface area (Å²) in [5.74, 6) is 0. The lowest BCUT2D eigenvalue weighted by Gasteiger charge is -2.00. The Morgan fingerprint density at radius 1 is 0.185 bits per heavy atom. The first-order valence-corrected chi connectivity index (χ1v) is 39.7. The van der Waals surface area contributed by atoms with Crippen molar-refractivity contribution in [1.29, 1.82) is 0 Å². The molecule has 0 aliphatic heterocycles. The van der Waals surface area contributed by atoms with Crippen LogP contribution in [0.2, 0.25) is 30.1 Å². The van der Waals surface area contributed by atoms with Crippen molar-refractivity contribution in [3.8, 4) is 0 Å². The van der Waals surface area contributed by atoms with Gasteiger partial charge in [0.25, 0.3) is 0 Å². The van der Waals surface area contributed by atoms with Gasteiger partial charge >= 0.3 is 0 Å². The lowest BCUT2D eigenvalue weighted by atomic mass is 10.0. The Kier molecular flexibility index (Phi) is 17.9. The highest BCUT2D eigenvalue weighted by Gasteiger charge is 2.17. The Morgan fingerprint density at radius 3 is 1.09 bits per heavy atom. The van der Waals surface area contributed by atoms with Gasteiger partial charge in [-0.3, -0.25) is 0 Å². The van der Waals surface area contributed by atoms with E-state index in [1.54, 1.807) is 22.7 Å². The second-order valence-corrected chi connectivity index (χ2v) is 32.1. The number of hydrogen-bond acceptors (Lipinski definition) is 6. The molecule has 0 bridgehead atoms. The number of thiophene rings is 3. The van der Waals surface area contributed by atoms with Gasteiger partial charge in [0, 0.05) is 114 Å². The van der Waals surface area contributed by atoms with Crippen molar-refractivity contribution in [2.45, 2.75) is 0 Å². The SMILES string of the molecule is Clc1ccc2c(c1)oc1ccc3ccccc3c12.Clc1ccc2c(c1)sc1ccc3ccccc3c12.Clc1ccc2oc3ccc4ccccc4c3c2c1.Clc1ccc2sc3ccc4ccccc4c3c2c1.Clc1cccc2c1oc1ccc3ccccc3c12.Clc1cccc2c1sc1ccc3ccccc3c12. The van der Waals surface area contributed by atoms with E-state index in [1.165, 1.54) is 131 Å². The van der Waals surface area contributed by atoms with Crippen LogP contribution in [0.25, 0.3) is 191 Å². The number of furan rings is 3. The van der Waals surface area contributed by atoms with Crippen LogP contribution in [-0.4, -0.2) is 0 Å². The third-order valence-corrected chi connectivity index (χ3v) is 25.1. The highest BCUT2D eigenvalue weighted by atomic mass is 35.5. The van der Waals surface area contributed by atoms with Crippen molar-refractivity contribution in [2.75, 3.05) is 0 Å². The summed E-state index contributed by atoms with van der Waals surface area (Å²) in [7, 11) is 0. The molecule has 18 aromatic carbocycles. The van der Waals surface area contributed by atoms with Crippen molar-refractivity contribution in [2.24, 2.45) is 0 Å². The van der Waals surface area contributed by atoms with Crippen LogP contribution in [0.1, 0.15) is 0 Å². The van der Waals surface area contributed by atoms with Crippen molar-refractivity contribution >= 4 is 295 Å². The maximum Gasteiger partial charge on any atom is 0.154 e. The maximum absolute atomic E-state index is 6.29. The van der Waals surface area contributed by atoms with Crippen LogP contribution in [0.4, 0.5) is 0 Å². The van der Waals surface area contributed by atoms with Crippen molar-refractivity contribution in [3.63, 3.8) is 0 Å². The minimum Gasteiger partial charge on any atom is -0.456 e. The molecular weight excluding hydrogens is 1510 g/mol. The van der Waals surface area contributed by atoms with Crippen LogP contribution < -0.4 is 0 Å². The molecule has 516 valence electrons. The van der Waals surface area contributed by atoms with Gasteiger partial charge in [-0.1, -0.05) is 282 Å². The molecule has 0 aliphatic carbocycles. The average molecular weight is 1560 g/mol. The summed E-state index contributed by atoms with van der Waals surface area (Å²) in [5.41, 5.74) is 5.19. The molecule has 0 saturated heterocycles. The zero-order chi connectivity index (χ0) is 72.7. The van der Waals surface area contributed by atoms with E-state index in [0.717, 1.165) is 80.5 Å². The molecule has 3 nitrogen and oxygen atoms in total. The van der Waals surface area contributed by atoms with Gasteiger partial charge < -0.3 is 13.3 Å². The Bertz CT molecular complexity index is 7130. The third-order valence-electron chi connectivity index (χ3n) is 20.0. The van der Waals surface area contributed by atoms with Crippen LogP contribution in [0.3, 0.4) is 0 Å². The zero-order valence-electron chi connectivity index (χ0n) is 56.9. The van der Waals surface area contributed by atoms with Gasteiger partial charge in [-0.2, -0.15) is 0 Å². The summed E-state index contributed by atoms with van der Waals surface area (Å²) >= 11 is 42.2. The Morgan fingerprint density at radius 2 is 0.537 bits per heavy atom. The molecule has 0 amide bonds. The Labute approximate surface area is 659 Å². The van der Waals surface area contributed by atoms with Crippen molar-refractivity contribution in [3.05, 3.63) is 358 Å². The van der Waals surface area contributed by atoms with E-state index < -0.39 is 0 Å². The smallest absolute Gasteiger partial charge is 0.154 e. The highest BCUT2D eigenvalue weighted by molar-refractivity contribution is 7.27. The quantitative estimate of drug-likeness (QED) is 0.152. The summed E-state index contributed by atoms with van der Waals surface area (Å²) in [6.07, 6.45) is 0. The van der Waals surface area contributed by atoms with Gasteiger partial charge in [-0.25, -0.2) is 0 Å². The third kappa shape index (κ3) is 12.4. The fraction of sp³-hybridized carbons (Fsp3) is 0. The van der Waals surface area contributed by atoms with E-state index in [4.69, 9.17) is 82.9 Å². The largest absolute Gasteiger partial charge is 0.456 e. The van der Waals surface area contributed by atoms with E-state index >= 15 is 0 Å². The van der Waals surface area contributed by atoms with Crippen LogP contribution in [0, 0.1) is 0 Å². The monoisotopic (exact) mass is 1560 g/mol. The van der Waals surface area contributed by atoms with Crippen LogP contribution in [0.5, 0.6) is 0 Å². The Balaban J connectivity index is 0.0000000882. The molecule has 0 unspecified atom stereocenters. The maximum atomic E-state index is 6.29. The van der Waals surface area contributed by atoms with Crippen molar-refractivity contribution < 1.29 is 13.3 Å². The molecule has 12 heteroatoms. The topological polar surface area (TPSA) is 39.4 Å². The van der Waals surface area contributed by atoms with Crippen molar-refractivity contribution in [1.82, 2.24) is 0 Å². The standard InChI is InChI=1S/3C16H9ClO.3C16H9ClS/c17-13-7-3-6-12-15-11-5-2-1-4-10(11)8-9-14(15)18-16(12)13;17-11-6-7-13-15(9-11)18-14-8-5-10-3-1-2-4-12(10)16(13)14;17-11-6-8-14-13(9-11)16-12-4-2-1-3-10(12)5-7-15(16)18-14;17-13-7-3-6-12-15-11-5-2-1-4-10(11)8-9-14(15)18-16(12)13;17-11-6-7-13-15(9-11)18-14-8-5-10-3-1-2-4-12(10)16(13)14;17-11-6-8-14-13(9-11)16-12-4-2-1-3-10(12)5-7-15(16)18-14/h6*1-9H. The van der Waals surface area contributed by atoms with E-state index in [0.29, 0.717) is 10.0 Å². The first-order chi connectivity index (χ1) is 53.0. The Hall–Kier alpha value is -10.7. The van der Waals surface area contributed by atoms with Gasteiger partial charge in [0.05, 0.1) is 14.7 Å². The van der Waals surface area contributed by atoms with E-state index in [1.807, 2.05) is 133 Å². The van der Waals surface area contributed by atoms with Crippen LogP contribution >= 0.6 is 104 Å². The molecule has 6 aromatic heterocycles. The fourth-order valence-electron chi connectivity index (χ4n) is 15.1. The number of rotatable bonds is 0. The molecule has 0 fully saturated rings. The zero-order valence-corrected chi connectivity index (χ0v) is 63.9. The summed E-state index contributed by atoms with van der Waals surface area (Å²) in [6.45, 7) is 0. The van der Waals surface area contributed by atoms with E-state index in [-0.39, 0.29) is 0 Å². The van der Waals surface area contributed by atoms with Crippen LogP contribution in [0.15, 0.2) is 341 Å². The van der Waals surface area contributed by atoms with E-state index in [9.17, 15) is 0 Å². The lowest BCUT2D eigenvalue weighted by molar-refractivity contribution is 0.669. The van der Waals surface area contributed by atoms with Crippen LogP contribution in [-0.2, 0) is 0 Å². The predicted octanol–water partition coefficient (Wildman–Crippen LogP) is 33.8. The minimum atomic E-state index is 0.660. The first kappa shape index (κ1) is 67.9. The number of hydrogen-bond donors (Lipinski definition) is 0. The second kappa shape index (κ2) is 28.5. The van der Waals surface area contributed by atoms with E-state index in [2.05, 4.69) is 206 Å². The molecule has 0 N–H and O–H groups in total. The molecule has 0 atom stereocenters. The highest BCUT2D eigenvalue weighted by Crippen LogP contribution is 2.45. The summed E-state index contributed by atoms with van der Waals surface area (Å²) in [4.78, 5) is 0. The number of benzene rings is 18. The molecule has 6 heterocycles. The van der Waals surface area contributed by atoms with Gasteiger partial charge in [-0.15, -0.1) is 34.0 Å². The van der Waals surface area contributed by atoms with Gasteiger partial charge in [0.1, 0.15) is 27.9 Å². The molecular formula is C96H54Cl6O3S3. The van der Waals surface area contributed by atoms with Gasteiger partial charge in [0.2, 0.25) is 0 Å². The predicted molar refractivity (Wildman–Crippen MR) is 474 cm³/mol. The number of para-hydroxylation sites is 1. The summed E-state index contributed by atoms with van der Waals surface area (Å²) < 4.78 is 25.3. The molecule has 0 aliphatic rings. The molecule has 24 rings (SSSR count). The lowest BCUT2D eigenvalue weighted by Crippen LogP contribution is -1.73. The molecule has 24 aromatic rings. The number of halogens is 6. The van der Waals surface area contributed by atoms with Gasteiger partial charge in [0.15, 0.2) is 5.58 Å². The minimum absolute atomic E-state index is 0.660. The normalized spacial score (nSPS) is 11.6. The fourth-order valence-corrected chi connectivity index (χ4v) is 19.8. The first-order valence-electron chi connectivity index (χ1n) is 35.0. The summed E-state index contributed by atoms with van der Waals surface area (Å²) in [5, 5.41) is 34.2. The number of fused-ring (bicyclic) bond motifs is 30. The average Bonchev–Trinajstić information content (AvgIpc) is 1.63. The summed E-state index contributed by atoms with van der Waals surface area (Å²) in [6, 6.07) is 112.